The average molecular weight is 409 g/mol. The number of nitrogens with one attached hydrogen (secondary N) is 1. The molecule has 5 aromatic heterocycles. The Morgan fingerprint density at radius 1 is 1.21 bits per heavy atom. The highest BCUT2D eigenvalue weighted by atomic mass is 32.1. The first-order valence-electron chi connectivity index (χ1n) is 9.00. The molecule has 3 N–H and O–H groups in total. The third kappa shape index (κ3) is 3.05. The number of quaternary nitrogens is 1. The molecular weight excluding hydrogens is 390 g/mol. The summed E-state index contributed by atoms with van der Waals surface area (Å²) in [7, 11) is 0. The monoisotopic (exact) mass is 408 g/mol. The Kier molecular flexibility index (Phi) is 4.31. The smallest absolute Gasteiger partial charge is 0.260 e. The normalized spacial score (nSPS) is 12.8. The van der Waals surface area contributed by atoms with Crippen LogP contribution in [0.2, 0.25) is 0 Å². The predicted molar refractivity (Wildman–Crippen MR) is 113 cm³/mol. The summed E-state index contributed by atoms with van der Waals surface area (Å²) in [6.07, 6.45) is 4.02. The summed E-state index contributed by atoms with van der Waals surface area (Å²) in [5, 5.41) is 6.86. The number of nitrogens with two attached hydrogens (primary N) is 1. The van der Waals surface area contributed by atoms with Crippen LogP contribution >= 0.6 is 22.7 Å². The molecule has 5 rings (SSSR count). The highest BCUT2D eigenvalue weighted by Gasteiger charge is 2.18. The number of aromatic nitrogens is 4. The van der Waals surface area contributed by atoms with E-state index in [2.05, 4.69) is 15.3 Å². The van der Waals surface area contributed by atoms with E-state index in [1.54, 1.807) is 11.3 Å². The molecule has 0 saturated heterocycles. The molecule has 0 fully saturated rings. The minimum atomic E-state index is -0.0716. The Balaban J connectivity index is 1.40. The molecule has 1 atom stereocenters. The summed E-state index contributed by atoms with van der Waals surface area (Å²) in [5.41, 5.74) is 2.83. The Hall–Kier alpha value is -2.81. The van der Waals surface area contributed by atoms with Crippen molar-refractivity contribution in [3.8, 4) is 10.4 Å². The molecule has 6 nitrogen and oxygen atoms in total. The maximum Gasteiger partial charge on any atom is 0.260 e. The summed E-state index contributed by atoms with van der Waals surface area (Å²) in [4.78, 5) is 27.0. The van der Waals surface area contributed by atoms with Crippen LogP contribution in [0.4, 0.5) is 0 Å². The lowest BCUT2D eigenvalue weighted by molar-refractivity contribution is -0.709. The number of aromatic amines is 1. The molecule has 0 aliphatic carbocycles. The molecule has 0 spiro atoms. The Morgan fingerprint density at radius 2 is 2.14 bits per heavy atom. The van der Waals surface area contributed by atoms with E-state index in [-0.39, 0.29) is 11.6 Å². The number of hydrogen-bond donors (Lipinski definition) is 2. The maximum atomic E-state index is 12.8. The van der Waals surface area contributed by atoms with E-state index in [4.69, 9.17) is 4.98 Å². The van der Waals surface area contributed by atoms with Gasteiger partial charge in [0.05, 0.1) is 5.39 Å². The maximum absolute atomic E-state index is 12.8. The SMILES string of the molecule is C[C@@H]([NH2+]Cc1cn2ccccc2n1)c1nc2scc(-c3cccs3)c2c(=O)[nH]1. The average Bonchev–Trinajstić information content (AvgIpc) is 3.43. The minimum absolute atomic E-state index is 0.0224. The first kappa shape index (κ1) is 17.3. The fraction of sp³-hybridized carbons (Fsp3) is 0.150. The van der Waals surface area contributed by atoms with Crippen LogP contribution in [0.5, 0.6) is 0 Å². The molecule has 8 heteroatoms. The van der Waals surface area contributed by atoms with Gasteiger partial charge in [-0.1, -0.05) is 12.1 Å². The molecule has 0 bridgehead atoms. The van der Waals surface area contributed by atoms with Crippen molar-refractivity contribution in [3.05, 3.63) is 75.4 Å². The highest BCUT2D eigenvalue weighted by Crippen LogP contribution is 2.33. The fourth-order valence-electron chi connectivity index (χ4n) is 3.29. The van der Waals surface area contributed by atoms with E-state index in [1.807, 2.05) is 64.8 Å². The van der Waals surface area contributed by atoms with Crippen LogP contribution in [0.1, 0.15) is 24.5 Å². The van der Waals surface area contributed by atoms with Gasteiger partial charge in [0.25, 0.3) is 5.56 Å². The summed E-state index contributed by atoms with van der Waals surface area (Å²) in [5.74, 6) is 0.695. The topological polar surface area (TPSA) is 79.7 Å². The van der Waals surface area contributed by atoms with Crippen LogP contribution in [0.3, 0.4) is 0 Å². The van der Waals surface area contributed by atoms with Crippen LogP contribution in [-0.2, 0) is 6.54 Å². The lowest BCUT2D eigenvalue weighted by Gasteiger charge is -2.09. The second-order valence-corrected chi connectivity index (χ2v) is 8.49. The van der Waals surface area contributed by atoms with Crippen molar-refractivity contribution >= 4 is 38.5 Å². The van der Waals surface area contributed by atoms with Crippen molar-refractivity contribution in [1.29, 1.82) is 0 Å². The van der Waals surface area contributed by atoms with Crippen LogP contribution in [0.15, 0.2) is 58.3 Å². The second kappa shape index (κ2) is 6.97. The van der Waals surface area contributed by atoms with Gasteiger partial charge in [0.2, 0.25) is 0 Å². The van der Waals surface area contributed by atoms with Gasteiger partial charge >= 0.3 is 0 Å². The molecule has 5 aromatic rings. The van der Waals surface area contributed by atoms with Crippen molar-refractivity contribution in [2.75, 3.05) is 0 Å². The summed E-state index contributed by atoms with van der Waals surface area (Å²) in [6, 6.07) is 10.0. The number of imidazole rings is 1. The molecule has 140 valence electrons. The number of fused-ring (bicyclic) bond motifs is 2. The molecule has 0 amide bonds. The third-order valence-corrected chi connectivity index (χ3v) is 6.55. The molecule has 0 saturated carbocycles. The van der Waals surface area contributed by atoms with Gasteiger partial charge in [-0.3, -0.25) is 4.79 Å². The second-order valence-electron chi connectivity index (χ2n) is 6.68. The van der Waals surface area contributed by atoms with Gasteiger partial charge in [-0.2, -0.15) is 0 Å². The van der Waals surface area contributed by atoms with Gasteiger partial charge in [0.15, 0.2) is 5.82 Å². The predicted octanol–water partition coefficient (Wildman–Crippen LogP) is 3.19. The van der Waals surface area contributed by atoms with Gasteiger partial charge in [-0.25, -0.2) is 9.97 Å². The van der Waals surface area contributed by atoms with E-state index in [0.29, 0.717) is 11.2 Å². The van der Waals surface area contributed by atoms with Crippen molar-refractivity contribution < 1.29 is 5.32 Å². The molecule has 0 aromatic carbocycles. The minimum Gasteiger partial charge on any atom is -0.333 e. The standard InChI is InChI=1S/C20H17N5OS2/c1-12(21-9-13-10-25-7-3-2-6-16(25)22-13)18-23-19(26)17-14(11-28-20(17)24-18)15-5-4-8-27-15/h2-8,10-12,21H,9H2,1H3,(H,23,24,26)/p+1/t12-/m1/s1. The Bertz CT molecular complexity index is 1280. The Morgan fingerprint density at radius 3 is 2.96 bits per heavy atom. The van der Waals surface area contributed by atoms with Gasteiger partial charge in [-0.05, 0) is 30.5 Å². The van der Waals surface area contributed by atoms with Crippen LogP contribution < -0.4 is 10.9 Å². The zero-order valence-electron chi connectivity index (χ0n) is 15.1. The quantitative estimate of drug-likeness (QED) is 0.469. The zero-order chi connectivity index (χ0) is 19.1. The molecule has 0 aliphatic heterocycles. The van der Waals surface area contributed by atoms with Gasteiger partial charge in [-0.15, -0.1) is 22.7 Å². The van der Waals surface area contributed by atoms with Gasteiger partial charge in [0, 0.05) is 28.2 Å². The first-order chi connectivity index (χ1) is 13.7. The summed E-state index contributed by atoms with van der Waals surface area (Å²) >= 11 is 3.15. The largest absolute Gasteiger partial charge is 0.333 e. The number of H-pyrrole nitrogens is 1. The number of nitrogens with zero attached hydrogens (tertiary/aromatic N) is 3. The number of thiophene rings is 2. The molecule has 5 heterocycles. The van der Waals surface area contributed by atoms with E-state index < -0.39 is 0 Å². The van der Waals surface area contributed by atoms with Crippen molar-refractivity contribution in [3.63, 3.8) is 0 Å². The molecule has 0 radical (unpaired) electrons. The zero-order valence-corrected chi connectivity index (χ0v) is 16.8. The summed E-state index contributed by atoms with van der Waals surface area (Å²) < 4.78 is 2.01. The first-order valence-corrected chi connectivity index (χ1v) is 10.8. The van der Waals surface area contributed by atoms with Crippen LogP contribution in [0, 0.1) is 0 Å². The molecule has 0 aliphatic rings. The highest BCUT2D eigenvalue weighted by molar-refractivity contribution is 7.18. The van der Waals surface area contributed by atoms with E-state index in [0.717, 1.165) is 33.2 Å². The van der Waals surface area contributed by atoms with Crippen molar-refractivity contribution in [1.82, 2.24) is 19.4 Å². The van der Waals surface area contributed by atoms with E-state index in [9.17, 15) is 4.79 Å². The number of pyridine rings is 1. The molecule has 0 unspecified atom stereocenters. The van der Waals surface area contributed by atoms with Crippen molar-refractivity contribution in [2.24, 2.45) is 0 Å². The number of hydrogen-bond acceptors (Lipinski definition) is 5. The fourth-order valence-corrected chi connectivity index (χ4v) is 5.06. The third-order valence-electron chi connectivity index (χ3n) is 4.77. The van der Waals surface area contributed by atoms with Crippen molar-refractivity contribution in [2.45, 2.75) is 19.5 Å². The summed E-state index contributed by atoms with van der Waals surface area (Å²) in [6.45, 7) is 2.77. The van der Waals surface area contributed by atoms with Crippen LogP contribution in [-0.4, -0.2) is 19.4 Å². The van der Waals surface area contributed by atoms with E-state index in [1.165, 1.54) is 11.3 Å². The van der Waals surface area contributed by atoms with E-state index >= 15 is 0 Å². The molecular formula is C20H18N5OS2+. The van der Waals surface area contributed by atoms with Gasteiger partial charge in [0.1, 0.15) is 28.8 Å². The van der Waals surface area contributed by atoms with Gasteiger partial charge < -0.3 is 14.7 Å². The molecule has 28 heavy (non-hydrogen) atoms. The lowest BCUT2D eigenvalue weighted by Crippen LogP contribution is -2.83. The lowest BCUT2D eigenvalue weighted by atomic mass is 10.2. The number of rotatable bonds is 5. The Labute approximate surface area is 168 Å². The van der Waals surface area contributed by atoms with Crippen LogP contribution in [0.25, 0.3) is 26.3 Å².